The molecular formula is C11H22ClN3O5. The smallest absolute Gasteiger partial charge is 0.323 e. The molecule has 0 bridgehead atoms. The van der Waals surface area contributed by atoms with Gasteiger partial charge in [0.15, 0.2) is 6.10 Å². The van der Waals surface area contributed by atoms with Crippen molar-refractivity contribution in [2.45, 2.75) is 25.0 Å². The number of halogens is 1. The van der Waals surface area contributed by atoms with Crippen LogP contribution in [-0.2, 0) is 19.1 Å². The standard InChI is InChI=1S/C11H21N3O5.ClH/c1-14(2,3)6-7(4-10(16)17)19-11(18)8(12)5-9(13)15;/h7-8H,4-6,12H2,1-3H3,(H2-,13,15,16,17);1H/t7-,8+;/m1./s1. The van der Waals surface area contributed by atoms with E-state index in [0.717, 1.165) is 0 Å². The third kappa shape index (κ3) is 10.5. The topological polar surface area (TPSA) is 136 Å². The van der Waals surface area contributed by atoms with E-state index in [2.05, 4.69) is 0 Å². The summed E-state index contributed by atoms with van der Waals surface area (Å²) in [4.78, 5) is 32.8. The first-order chi connectivity index (χ1) is 8.51. The number of carbonyl (C=O) groups excluding carboxylic acids is 3. The van der Waals surface area contributed by atoms with Crippen molar-refractivity contribution in [1.82, 2.24) is 0 Å². The van der Waals surface area contributed by atoms with Gasteiger partial charge in [-0.05, 0) is 0 Å². The van der Waals surface area contributed by atoms with Crippen LogP contribution in [0.15, 0.2) is 0 Å². The lowest BCUT2D eigenvalue weighted by molar-refractivity contribution is -0.873. The number of nitrogens with two attached hydrogens (primary N) is 2. The summed E-state index contributed by atoms with van der Waals surface area (Å²) in [7, 11) is 5.46. The fourth-order valence-corrected chi connectivity index (χ4v) is 1.49. The van der Waals surface area contributed by atoms with E-state index >= 15 is 0 Å². The maximum atomic E-state index is 11.6. The number of hydrogen-bond acceptors (Lipinski definition) is 6. The zero-order chi connectivity index (χ0) is 15.2. The highest BCUT2D eigenvalue weighted by Gasteiger charge is 2.26. The number of primary amides is 1. The van der Waals surface area contributed by atoms with Gasteiger partial charge in [-0.15, -0.1) is 12.4 Å². The molecule has 9 heteroatoms. The normalized spacial score (nSPS) is 13.8. The summed E-state index contributed by atoms with van der Waals surface area (Å²) < 4.78 is 5.39. The molecule has 0 heterocycles. The molecule has 0 aromatic rings. The maximum absolute atomic E-state index is 11.6. The number of esters is 1. The molecule has 8 nitrogen and oxygen atoms in total. The minimum absolute atomic E-state index is 0. The summed E-state index contributed by atoms with van der Waals surface area (Å²) in [5.74, 6) is -2.90. The Balaban J connectivity index is 0. The average Bonchev–Trinajstić information content (AvgIpc) is 2.11. The van der Waals surface area contributed by atoms with E-state index in [1.807, 2.05) is 21.1 Å². The van der Waals surface area contributed by atoms with Crippen LogP contribution in [0.2, 0.25) is 0 Å². The highest BCUT2D eigenvalue weighted by molar-refractivity contribution is 5.85. The van der Waals surface area contributed by atoms with Gasteiger partial charge in [-0.3, -0.25) is 9.59 Å². The molecule has 0 aliphatic carbocycles. The van der Waals surface area contributed by atoms with Crippen LogP contribution < -0.4 is 16.6 Å². The number of carbonyl (C=O) groups is 3. The largest absolute Gasteiger partial charge is 0.550 e. The first-order valence-electron chi connectivity index (χ1n) is 5.76. The van der Waals surface area contributed by atoms with Crippen molar-refractivity contribution < 1.29 is 28.7 Å². The molecule has 0 aromatic carbocycles. The molecule has 0 radical (unpaired) electrons. The number of hydrogen-bond donors (Lipinski definition) is 2. The first kappa shape index (κ1) is 20.9. The predicted octanol–water partition coefficient (Wildman–Crippen LogP) is -2.63. The third-order valence-corrected chi connectivity index (χ3v) is 2.15. The van der Waals surface area contributed by atoms with Gasteiger partial charge in [-0.2, -0.15) is 0 Å². The third-order valence-electron chi connectivity index (χ3n) is 2.15. The number of rotatable bonds is 8. The van der Waals surface area contributed by atoms with Crippen molar-refractivity contribution in [3.8, 4) is 0 Å². The van der Waals surface area contributed by atoms with Crippen molar-refractivity contribution in [1.29, 1.82) is 0 Å². The van der Waals surface area contributed by atoms with Gasteiger partial charge in [0.1, 0.15) is 12.6 Å². The lowest BCUT2D eigenvalue weighted by Crippen LogP contribution is -2.47. The van der Waals surface area contributed by atoms with Crippen molar-refractivity contribution in [3.05, 3.63) is 0 Å². The summed E-state index contributed by atoms with van der Waals surface area (Å²) in [5.41, 5.74) is 10.3. The Morgan fingerprint density at radius 3 is 2.05 bits per heavy atom. The molecule has 0 unspecified atom stereocenters. The fraction of sp³-hybridized carbons (Fsp3) is 0.727. The highest BCUT2D eigenvalue weighted by atomic mass is 35.5. The van der Waals surface area contributed by atoms with Crippen LogP contribution in [0.4, 0.5) is 0 Å². The molecule has 0 rings (SSSR count). The second-order valence-corrected chi connectivity index (χ2v) is 5.38. The highest BCUT2D eigenvalue weighted by Crippen LogP contribution is 2.06. The molecule has 0 aliphatic heterocycles. The van der Waals surface area contributed by atoms with Gasteiger partial charge in [-0.1, -0.05) is 0 Å². The molecule has 0 saturated heterocycles. The van der Waals surface area contributed by atoms with E-state index in [-0.39, 0.29) is 25.4 Å². The summed E-state index contributed by atoms with van der Waals surface area (Å²) in [5, 5.41) is 10.6. The van der Waals surface area contributed by atoms with Gasteiger partial charge in [0, 0.05) is 12.4 Å². The number of carboxylic acids is 1. The zero-order valence-corrected chi connectivity index (χ0v) is 12.6. The molecule has 0 aliphatic rings. The monoisotopic (exact) mass is 311 g/mol. The number of likely N-dealkylation sites (N-methyl/N-ethyl adjacent to an activating group) is 1. The first-order valence-corrected chi connectivity index (χ1v) is 5.76. The van der Waals surface area contributed by atoms with Crippen molar-refractivity contribution in [3.63, 3.8) is 0 Å². The fourth-order valence-electron chi connectivity index (χ4n) is 1.49. The molecule has 0 saturated carbocycles. The van der Waals surface area contributed by atoms with Crippen LogP contribution in [0.5, 0.6) is 0 Å². The summed E-state index contributed by atoms with van der Waals surface area (Å²) in [6.45, 7) is 0.281. The van der Waals surface area contributed by atoms with Crippen LogP contribution in [0.3, 0.4) is 0 Å². The Morgan fingerprint density at radius 2 is 1.70 bits per heavy atom. The van der Waals surface area contributed by atoms with Gasteiger partial charge in [-0.25, -0.2) is 0 Å². The second-order valence-electron chi connectivity index (χ2n) is 5.38. The van der Waals surface area contributed by atoms with Gasteiger partial charge < -0.3 is 30.6 Å². The Kier molecular flexibility index (Phi) is 9.13. The van der Waals surface area contributed by atoms with Crippen LogP contribution in [0, 0.1) is 0 Å². The van der Waals surface area contributed by atoms with Crippen molar-refractivity contribution in [2.75, 3.05) is 27.7 Å². The van der Waals surface area contributed by atoms with Crippen LogP contribution in [0.25, 0.3) is 0 Å². The van der Waals surface area contributed by atoms with Crippen LogP contribution in [-0.4, -0.2) is 62.2 Å². The number of ether oxygens (including phenoxy) is 1. The zero-order valence-electron chi connectivity index (χ0n) is 11.8. The molecule has 4 N–H and O–H groups in total. The Bertz CT molecular complexity index is 356. The second kappa shape index (κ2) is 8.72. The quantitative estimate of drug-likeness (QED) is 0.372. The number of carboxylic acid groups (broad SMARTS) is 1. The number of nitrogens with zero attached hydrogens (tertiary/aromatic N) is 1. The van der Waals surface area contributed by atoms with Crippen molar-refractivity contribution >= 4 is 30.3 Å². The maximum Gasteiger partial charge on any atom is 0.323 e. The molecular weight excluding hydrogens is 290 g/mol. The number of amides is 1. The molecule has 0 fully saturated rings. The van der Waals surface area contributed by atoms with E-state index in [4.69, 9.17) is 16.2 Å². The Labute approximate surface area is 124 Å². The Hall–Kier alpha value is -1.38. The molecule has 20 heavy (non-hydrogen) atoms. The van der Waals surface area contributed by atoms with E-state index in [1.54, 1.807) is 0 Å². The van der Waals surface area contributed by atoms with Crippen LogP contribution >= 0.6 is 12.4 Å². The molecule has 2 atom stereocenters. The molecule has 0 spiro atoms. The lowest BCUT2D eigenvalue weighted by atomic mass is 10.2. The van der Waals surface area contributed by atoms with Gasteiger partial charge in [0.2, 0.25) is 5.91 Å². The van der Waals surface area contributed by atoms with Crippen LogP contribution in [0.1, 0.15) is 12.8 Å². The Morgan fingerprint density at radius 1 is 1.20 bits per heavy atom. The SMILES string of the molecule is C[N+](C)(C)C[C@@H](CC(=O)[O-])OC(=O)[C@@H](N)CC(N)=O.Cl. The van der Waals surface area contributed by atoms with E-state index < -0.39 is 36.4 Å². The predicted molar refractivity (Wildman–Crippen MR) is 71.4 cm³/mol. The molecule has 118 valence electrons. The minimum atomic E-state index is -1.32. The summed E-state index contributed by atoms with van der Waals surface area (Å²) in [6.07, 6.45) is -1.64. The van der Waals surface area contributed by atoms with Gasteiger partial charge in [0.25, 0.3) is 0 Å². The van der Waals surface area contributed by atoms with E-state index in [0.29, 0.717) is 4.48 Å². The van der Waals surface area contributed by atoms with Gasteiger partial charge in [0.05, 0.1) is 27.6 Å². The summed E-state index contributed by atoms with van der Waals surface area (Å²) in [6, 6.07) is -1.19. The van der Waals surface area contributed by atoms with Gasteiger partial charge >= 0.3 is 5.97 Å². The van der Waals surface area contributed by atoms with Crippen molar-refractivity contribution in [2.24, 2.45) is 11.5 Å². The lowest BCUT2D eigenvalue weighted by Gasteiger charge is -2.29. The van der Waals surface area contributed by atoms with E-state index in [1.165, 1.54) is 0 Å². The summed E-state index contributed by atoms with van der Waals surface area (Å²) >= 11 is 0. The number of aliphatic carboxylic acids is 1. The molecule has 1 amide bonds. The minimum Gasteiger partial charge on any atom is -0.550 e. The average molecular weight is 312 g/mol. The number of quaternary nitrogens is 1. The molecule has 0 aromatic heterocycles. The van der Waals surface area contributed by atoms with E-state index in [9.17, 15) is 19.5 Å².